The van der Waals surface area contributed by atoms with E-state index in [0.717, 1.165) is 6.33 Å². The van der Waals surface area contributed by atoms with Crippen LogP contribution in [-0.4, -0.2) is 88.4 Å². The molecule has 3 rings (SSSR count). The van der Waals surface area contributed by atoms with E-state index in [0.29, 0.717) is 0 Å². The van der Waals surface area contributed by atoms with E-state index in [4.69, 9.17) is 14.9 Å². The number of hydrogen-bond donors (Lipinski definition) is 5. The van der Waals surface area contributed by atoms with Gasteiger partial charge in [0.15, 0.2) is 17.4 Å². The lowest BCUT2D eigenvalue weighted by Crippen LogP contribution is -2.47. The van der Waals surface area contributed by atoms with E-state index in [1.807, 2.05) is 0 Å². The molecule has 3 heterocycles. The second-order valence-electron chi connectivity index (χ2n) is 5.72. The molecule has 0 saturated carbocycles. The molecule has 1 fully saturated rings. The van der Waals surface area contributed by atoms with E-state index in [9.17, 15) is 41.7 Å². The summed E-state index contributed by atoms with van der Waals surface area (Å²) in [5.41, 5.74) is 0.433. The fourth-order valence-electron chi connectivity index (χ4n) is 2.26. The average Bonchev–Trinajstić information content (AvgIpc) is 3.17. The van der Waals surface area contributed by atoms with Crippen LogP contribution in [0.3, 0.4) is 0 Å². The van der Waals surface area contributed by atoms with Crippen LogP contribution < -0.4 is 0 Å². The maximum Gasteiger partial charge on any atom is 0.454 e. The molecule has 2 aromatic heterocycles. The molecule has 1 unspecified atom stereocenters. The number of ether oxygens (including phenoxy) is 1. The minimum Gasteiger partial charge on any atom is -0.492 e. The highest BCUT2D eigenvalue weighted by atomic mass is 19.4. The Morgan fingerprint density at radius 1 is 1.10 bits per heavy atom. The molecule has 0 spiro atoms. The van der Waals surface area contributed by atoms with Gasteiger partial charge in [-0.1, -0.05) is 0 Å². The smallest absolute Gasteiger partial charge is 0.454 e. The van der Waals surface area contributed by atoms with E-state index in [2.05, 4.69) is 15.0 Å². The molecule has 1 aliphatic rings. The van der Waals surface area contributed by atoms with Crippen LogP contribution in [0.2, 0.25) is 0 Å². The SMILES string of the molecule is OC(F)(C(F)F)C(F)(F)F.OC[C@H]1O[C@@H](n2cnc3c(O)ncnc32)[C@H](O)[C@@H]1O. The summed E-state index contributed by atoms with van der Waals surface area (Å²) in [6.45, 7) is -0.415. The van der Waals surface area contributed by atoms with Gasteiger partial charge in [-0.15, -0.1) is 0 Å². The first-order chi connectivity index (χ1) is 13.3. The molecule has 2 aromatic rings. The Labute approximate surface area is 156 Å². The van der Waals surface area contributed by atoms with Gasteiger partial charge >= 0.3 is 18.5 Å². The second kappa shape index (κ2) is 8.23. The van der Waals surface area contributed by atoms with Crippen molar-refractivity contribution in [2.75, 3.05) is 6.61 Å². The molecule has 1 aliphatic heterocycles. The van der Waals surface area contributed by atoms with Gasteiger partial charge < -0.3 is 30.3 Å². The van der Waals surface area contributed by atoms with Crippen molar-refractivity contribution in [2.45, 2.75) is 43.0 Å². The fourth-order valence-corrected chi connectivity index (χ4v) is 2.26. The summed E-state index contributed by atoms with van der Waals surface area (Å²) in [5, 5.41) is 45.6. The van der Waals surface area contributed by atoms with E-state index in [1.54, 1.807) is 0 Å². The number of nitrogens with zero attached hydrogens (tertiary/aromatic N) is 4. The van der Waals surface area contributed by atoms with E-state index in [-0.39, 0.29) is 17.0 Å². The van der Waals surface area contributed by atoms with Gasteiger partial charge in [-0.05, 0) is 0 Å². The van der Waals surface area contributed by atoms with Gasteiger partial charge in [-0.3, -0.25) is 4.57 Å². The van der Waals surface area contributed by atoms with Crippen molar-refractivity contribution in [1.29, 1.82) is 0 Å². The Hall–Kier alpha value is -2.27. The zero-order valence-corrected chi connectivity index (χ0v) is 13.9. The summed E-state index contributed by atoms with van der Waals surface area (Å²) in [5.74, 6) is -5.68. The van der Waals surface area contributed by atoms with Crippen LogP contribution in [0.25, 0.3) is 11.2 Å². The molecule has 0 radical (unpaired) electrons. The lowest BCUT2D eigenvalue weighted by atomic mass is 10.1. The molecule has 0 aromatic carbocycles. The molecule has 10 nitrogen and oxygen atoms in total. The van der Waals surface area contributed by atoms with Crippen molar-refractivity contribution in [3.8, 4) is 5.88 Å². The number of hydrogen-bond acceptors (Lipinski definition) is 9. The third-order valence-corrected chi connectivity index (χ3v) is 3.82. The van der Waals surface area contributed by atoms with Gasteiger partial charge in [0.1, 0.15) is 24.6 Å². The summed E-state index contributed by atoms with van der Waals surface area (Å²) in [6.07, 6.45) is -12.2. The van der Waals surface area contributed by atoms with Crippen molar-refractivity contribution in [2.24, 2.45) is 0 Å². The Bertz CT molecular complexity index is 834. The van der Waals surface area contributed by atoms with Crippen molar-refractivity contribution < 1.29 is 56.6 Å². The predicted octanol–water partition coefficient (Wildman–Crippen LogP) is -0.385. The molecule has 0 bridgehead atoms. The van der Waals surface area contributed by atoms with Crippen LogP contribution in [-0.2, 0) is 4.74 Å². The van der Waals surface area contributed by atoms with Gasteiger partial charge in [-0.25, -0.2) is 18.7 Å². The highest BCUT2D eigenvalue weighted by Crippen LogP contribution is 2.36. The maximum absolute atomic E-state index is 11.4. The summed E-state index contributed by atoms with van der Waals surface area (Å²) >= 11 is 0. The van der Waals surface area contributed by atoms with Crippen molar-refractivity contribution >= 4 is 11.2 Å². The third kappa shape index (κ3) is 4.35. The lowest BCUT2D eigenvalue weighted by Gasteiger charge is -2.20. The van der Waals surface area contributed by atoms with Crippen LogP contribution in [0.5, 0.6) is 5.88 Å². The number of aliphatic hydroxyl groups is 4. The van der Waals surface area contributed by atoms with E-state index < -0.39 is 49.6 Å². The zero-order chi connectivity index (χ0) is 22.1. The quantitative estimate of drug-likeness (QED) is 0.405. The lowest BCUT2D eigenvalue weighted by molar-refractivity contribution is -0.352. The molecule has 0 aliphatic carbocycles. The largest absolute Gasteiger partial charge is 0.492 e. The van der Waals surface area contributed by atoms with Gasteiger partial charge in [0, 0.05) is 0 Å². The van der Waals surface area contributed by atoms with Crippen molar-refractivity contribution in [3.05, 3.63) is 12.7 Å². The topological polar surface area (TPSA) is 154 Å². The Kier molecular flexibility index (Phi) is 6.53. The number of halogens is 6. The fraction of sp³-hybridized carbons (Fsp3) is 0.615. The van der Waals surface area contributed by atoms with Gasteiger partial charge in [0.2, 0.25) is 5.88 Å². The maximum atomic E-state index is 11.4. The molecule has 5 N–H and O–H groups in total. The first kappa shape index (κ1) is 23.0. The van der Waals surface area contributed by atoms with Crippen LogP contribution in [0, 0.1) is 0 Å². The molecule has 1 saturated heterocycles. The second-order valence-corrected chi connectivity index (χ2v) is 5.72. The monoisotopic (exact) mass is 436 g/mol. The molecule has 29 heavy (non-hydrogen) atoms. The zero-order valence-electron chi connectivity index (χ0n) is 13.9. The van der Waals surface area contributed by atoms with E-state index in [1.165, 1.54) is 10.9 Å². The highest BCUT2D eigenvalue weighted by Gasteiger charge is 2.62. The summed E-state index contributed by atoms with van der Waals surface area (Å²) in [6, 6.07) is 0. The normalized spacial score (nSPS) is 27.0. The van der Waals surface area contributed by atoms with Gasteiger partial charge in [-0.2, -0.15) is 22.5 Å². The first-order valence-corrected chi connectivity index (χ1v) is 7.58. The molecule has 16 heteroatoms. The standard InChI is InChI=1S/C10H12N4O5.C3H2F6O/c15-1-4-6(16)7(17)10(19-4)14-3-13-5-8(14)11-2-12-9(5)18;4-1(5)2(6,10)3(7,8)9/h2-4,6-7,10,15-17H,1H2,(H,11,12,18);1,10H/t4-,6-,7-,10-;/m1./s1. The minimum absolute atomic E-state index is 0.167. The van der Waals surface area contributed by atoms with Crippen LogP contribution >= 0.6 is 0 Å². The van der Waals surface area contributed by atoms with Crippen LogP contribution in [0.15, 0.2) is 12.7 Å². The van der Waals surface area contributed by atoms with Gasteiger partial charge in [0.25, 0.3) is 0 Å². The molecule has 164 valence electrons. The number of alkyl halides is 6. The number of aromatic nitrogens is 4. The number of rotatable bonds is 3. The van der Waals surface area contributed by atoms with Crippen LogP contribution in [0.1, 0.15) is 6.23 Å². The van der Waals surface area contributed by atoms with Gasteiger partial charge in [0.05, 0.1) is 12.9 Å². The number of imidazole rings is 1. The van der Waals surface area contributed by atoms with E-state index >= 15 is 0 Å². The number of fused-ring (bicyclic) bond motifs is 1. The first-order valence-electron chi connectivity index (χ1n) is 7.58. The van der Waals surface area contributed by atoms with Crippen molar-refractivity contribution in [1.82, 2.24) is 19.5 Å². The Morgan fingerprint density at radius 3 is 2.17 bits per heavy atom. The number of aromatic hydroxyl groups is 1. The average molecular weight is 436 g/mol. The van der Waals surface area contributed by atoms with Crippen LogP contribution in [0.4, 0.5) is 26.3 Å². The molecule has 0 amide bonds. The molecule has 5 atom stereocenters. The number of aliphatic hydroxyl groups excluding tert-OH is 3. The summed E-state index contributed by atoms with van der Waals surface area (Å²) in [4.78, 5) is 11.5. The molecular formula is C13H14F6N4O6. The van der Waals surface area contributed by atoms with Crippen molar-refractivity contribution in [3.63, 3.8) is 0 Å². The Morgan fingerprint density at radius 2 is 1.72 bits per heavy atom. The minimum atomic E-state index is -5.94. The Balaban J connectivity index is 0.000000257. The highest BCUT2D eigenvalue weighted by molar-refractivity contribution is 5.75. The third-order valence-electron chi connectivity index (χ3n) is 3.82. The molecular weight excluding hydrogens is 422 g/mol. The predicted molar refractivity (Wildman–Crippen MR) is 78.1 cm³/mol. The summed E-state index contributed by atoms with van der Waals surface area (Å²) < 4.78 is 73.0. The summed E-state index contributed by atoms with van der Waals surface area (Å²) in [7, 11) is 0.